The summed E-state index contributed by atoms with van der Waals surface area (Å²) in [5.74, 6) is -9.43. The average Bonchev–Trinajstić information content (AvgIpc) is 3.38. The Bertz CT molecular complexity index is 1960. The number of esters is 2. The molecule has 22 unspecified atom stereocenters. The summed E-state index contributed by atoms with van der Waals surface area (Å²) in [7, 11) is 1.63. The number of unbranched alkanes of at least 4 members (excludes halogenated alkanes) is 2. The van der Waals surface area contributed by atoms with Crippen LogP contribution in [0.5, 0.6) is 0 Å². The van der Waals surface area contributed by atoms with Gasteiger partial charge in [0.2, 0.25) is 0 Å². The lowest BCUT2D eigenvalue weighted by atomic mass is 9.83. The summed E-state index contributed by atoms with van der Waals surface area (Å²) in [6.07, 6.45) is -0.165. The van der Waals surface area contributed by atoms with Crippen LogP contribution < -0.4 is 11.1 Å². The Morgan fingerprint density at radius 1 is 0.762 bits per heavy atom. The van der Waals surface area contributed by atoms with Gasteiger partial charge in [-0.3, -0.25) is 19.4 Å². The van der Waals surface area contributed by atoms with E-state index in [9.17, 15) is 75.7 Å². The van der Waals surface area contributed by atoms with Crippen LogP contribution in [0.1, 0.15) is 152 Å². The maximum Gasteiger partial charge on any atom is 0.317 e. The molecule has 0 saturated carbocycles. The highest BCUT2D eigenvalue weighted by atomic mass is 16.7. The molecule has 1 saturated heterocycles. The lowest BCUT2D eigenvalue weighted by Crippen LogP contribution is -2.60. The van der Waals surface area contributed by atoms with Gasteiger partial charge >= 0.3 is 17.9 Å². The second-order valence-corrected chi connectivity index (χ2v) is 23.4. The number of nitrogens with one attached hydrogen (secondary N) is 1. The summed E-state index contributed by atoms with van der Waals surface area (Å²) in [5, 5.41) is 135. The molecular formula is C59H103N3O18. The van der Waals surface area contributed by atoms with E-state index in [0.29, 0.717) is 5.96 Å². The Kier molecular flexibility index (Phi) is 33.1. The molecule has 2 aliphatic heterocycles. The maximum absolute atomic E-state index is 13.8. The number of aliphatic imine (C=N–C) groups is 1. The average molecular weight is 1140 g/mol. The summed E-state index contributed by atoms with van der Waals surface area (Å²) in [5.41, 5.74) is 5.68. The third-order valence-corrected chi connectivity index (χ3v) is 16.2. The Morgan fingerprint density at radius 2 is 1.40 bits per heavy atom. The molecule has 2 rings (SSSR count). The SMILES string of the molecule is CN=C(N)NCCC/C=C/CCCC(C)CC(C)C1OC(=O)C(C)C(O)/C=C/C(C)C(O)CC(O)C(C)C(O)CCC(C)C(O)CC2(O)OC(CC(OC(=O)CC(=O)O)CC(O)CC(O)C(C)C(O)/C=C/C=C\C1C)CC(O)C2O. The zero-order chi connectivity index (χ0) is 60.4. The van der Waals surface area contributed by atoms with E-state index in [1.165, 1.54) is 12.2 Å². The van der Waals surface area contributed by atoms with Crippen molar-refractivity contribution in [2.45, 2.75) is 237 Å². The number of nitrogens with zero attached hydrogens (tertiary/aromatic N) is 1. The first-order valence-corrected chi connectivity index (χ1v) is 29.0. The Labute approximate surface area is 474 Å². The van der Waals surface area contributed by atoms with Crippen molar-refractivity contribution in [3.05, 3.63) is 48.6 Å². The van der Waals surface area contributed by atoms with Gasteiger partial charge in [-0.05, 0) is 76.0 Å². The molecule has 0 amide bonds. The van der Waals surface area contributed by atoms with Gasteiger partial charge in [0, 0.05) is 69.4 Å². The fourth-order valence-electron chi connectivity index (χ4n) is 10.3. The van der Waals surface area contributed by atoms with E-state index in [1.807, 2.05) is 19.9 Å². The summed E-state index contributed by atoms with van der Waals surface area (Å²) < 4.78 is 17.5. The minimum Gasteiger partial charge on any atom is -0.481 e. The van der Waals surface area contributed by atoms with Crippen LogP contribution >= 0.6 is 0 Å². The van der Waals surface area contributed by atoms with Crippen molar-refractivity contribution in [3.8, 4) is 0 Å². The second kappa shape index (κ2) is 36.7. The lowest BCUT2D eigenvalue weighted by molar-refractivity contribution is -0.333. The van der Waals surface area contributed by atoms with E-state index in [-0.39, 0.29) is 62.7 Å². The van der Waals surface area contributed by atoms with E-state index in [4.69, 9.17) is 19.9 Å². The molecule has 2 aliphatic rings. The van der Waals surface area contributed by atoms with Gasteiger partial charge in [0.25, 0.3) is 0 Å². The number of carbonyl (C=O) groups is 3. The van der Waals surface area contributed by atoms with E-state index in [2.05, 4.69) is 29.4 Å². The van der Waals surface area contributed by atoms with Gasteiger partial charge in [0.05, 0.1) is 67.0 Å². The highest BCUT2D eigenvalue weighted by Gasteiger charge is 2.50. The molecule has 1 fully saturated rings. The smallest absolute Gasteiger partial charge is 0.317 e. The number of guanidine groups is 1. The minimum absolute atomic E-state index is 0.0716. The minimum atomic E-state index is -2.54. The summed E-state index contributed by atoms with van der Waals surface area (Å²) >= 11 is 0. The number of carboxylic acids is 1. The molecule has 0 radical (unpaired) electrons. The monoisotopic (exact) mass is 1140 g/mol. The number of fused-ring (bicyclic) bond motifs is 2. The quantitative estimate of drug-likeness (QED) is 0.0296. The third-order valence-electron chi connectivity index (χ3n) is 16.2. The van der Waals surface area contributed by atoms with Crippen LogP contribution in [0.2, 0.25) is 0 Å². The van der Waals surface area contributed by atoms with Crippen LogP contribution in [0.4, 0.5) is 0 Å². The molecule has 15 N–H and O–H groups in total. The number of ether oxygens (including phenoxy) is 3. The summed E-state index contributed by atoms with van der Waals surface area (Å²) in [6, 6.07) is 0. The first kappa shape index (κ1) is 72.3. The number of rotatable bonds is 14. The first-order valence-electron chi connectivity index (χ1n) is 29.0. The Morgan fingerprint density at radius 3 is 2.05 bits per heavy atom. The molecule has 0 aromatic carbocycles. The van der Waals surface area contributed by atoms with Gasteiger partial charge in [0.15, 0.2) is 11.7 Å². The molecule has 21 heteroatoms. The number of aliphatic hydroxyl groups excluding tert-OH is 10. The maximum atomic E-state index is 13.8. The number of cyclic esters (lactones) is 1. The highest BCUT2D eigenvalue weighted by molar-refractivity contribution is 5.90. The lowest BCUT2D eigenvalue weighted by Gasteiger charge is -2.45. The number of nitrogens with two attached hydrogens (primary N) is 1. The number of carbonyl (C=O) groups excluding carboxylic acids is 2. The molecule has 80 heavy (non-hydrogen) atoms. The van der Waals surface area contributed by atoms with Crippen molar-refractivity contribution in [2.75, 3.05) is 13.6 Å². The Hall–Kier alpha value is -3.84. The molecule has 22 atom stereocenters. The zero-order valence-corrected chi connectivity index (χ0v) is 48.9. The van der Waals surface area contributed by atoms with Gasteiger partial charge < -0.3 is 86.5 Å². The molecule has 2 bridgehead atoms. The van der Waals surface area contributed by atoms with Gasteiger partial charge in [-0.25, -0.2) is 0 Å². The molecule has 0 aromatic heterocycles. The van der Waals surface area contributed by atoms with Crippen LogP contribution in [-0.2, 0) is 28.6 Å². The molecule has 0 aromatic rings. The normalized spacial score (nSPS) is 38.9. The zero-order valence-electron chi connectivity index (χ0n) is 48.9. The van der Waals surface area contributed by atoms with Gasteiger partial charge in [-0.1, -0.05) is 103 Å². The number of aliphatic hydroxyl groups is 11. The van der Waals surface area contributed by atoms with Crippen LogP contribution in [0.25, 0.3) is 0 Å². The van der Waals surface area contributed by atoms with E-state index in [1.54, 1.807) is 59.9 Å². The summed E-state index contributed by atoms with van der Waals surface area (Å²) in [4.78, 5) is 41.7. The van der Waals surface area contributed by atoms with Crippen LogP contribution in [-0.4, -0.2) is 184 Å². The van der Waals surface area contributed by atoms with Crippen LogP contribution in [0.15, 0.2) is 53.6 Å². The third kappa shape index (κ3) is 26.2. The molecular weight excluding hydrogens is 1040 g/mol. The van der Waals surface area contributed by atoms with E-state index >= 15 is 0 Å². The van der Waals surface area contributed by atoms with Crippen molar-refractivity contribution in [1.29, 1.82) is 0 Å². The van der Waals surface area contributed by atoms with Crippen molar-refractivity contribution < 1.29 is 89.9 Å². The highest BCUT2D eigenvalue weighted by Crippen LogP contribution is 2.36. The van der Waals surface area contributed by atoms with Gasteiger partial charge in [-0.15, -0.1) is 0 Å². The van der Waals surface area contributed by atoms with Gasteiger partial charge in [-0.2, -0.15) is 0 Å². The number of carboxylic acid groups (broad SMARTS) is 1. The van der Waals surface area contributed by atoms with Crippen molar-refractivity contribution >= 4 is 23.9 Å². The fourth-order valence-corrected chi connectivity index (χ4v) is 10.3. The summed E-state index contributed by atoms with van der Waals surface area (Å²) in [6.45, 7) is 14.8. The molecule has 2 heterocycles. The topological polar surface area (TPSA) is 372 Å². The van der Waals surface area contributed by atoms with Crippen LogP contribution in [0, 0.1) is 47.3 Å². The predicted molar refractivity (Wildman–Crippen MR) is 302 cm³/mol. The van der Waals surface area contributed by atoms with Crippen LogP contribution in [0.3, 0.4) is 0 Å². The Balaban J connectivity index is 2.43. The van der Waals surface area contributed by atoms with Crippen molar-refractivity contribution in [3.63, 3.8) is 0 Å². The number of allylic oxidation sites excluding steroid dienone is 4. The molecule has 21 nitrogen and oxygen atoms in total. The van der Waals surface area contributed by atoms with E-state index in [0.717, 1.165) is 45.1 Å². The fraction of sp³-hybridized carbons (Fsp3) is 0.797. The first-order chi connectivity index (χ1) is 37.5. The molecule has 462 valence electrons. The number of aliphatic carboxylic acids is 1. The second-order valence-electron chi connectivity index (χ2n) is 23.4. The largest absolute Gasteiger partial charge is 0.481 e. The standard InChI is InChI=1S/C59H103N3O18/c1-34(18-14-12-10-11-13-17-25-62-58(60)61-9)26-38(5)55-37(4)19-15-16-20-45(64)39(6)49(68)28-42(63)27-43(78-54(74)32-53(72)73)29-44-30-51(70)56(75)59(77,80-44)33-52(71)36(3)22-23-46(65)40(7)50(69)31-48(67)35(2)21-24-47(66)41(8)57(76)79-55/h10-11,15-16,19-21,24,34-52,55-56,63-71,75,77H,12-14,17-18,22-23,25-33H2,1-9H3,(H,72,73)(H3,60,61,62)/b11-10+,19-15-,20-16+,24-21+. The molecule has 0 spiro atoms. The van der Waals surface area contributed by atoms with E-state index < -0.39 is 145 Å². The van der Waals surface area contributed by atoms with Crippen molar-refractivity contribution in [1.82, 2.24) is 5.32 Å². The predicted octanol–water partition coefficient (Wildman–Crippen LogP) is 3.30. The number of hydrogen-bond donors (Lipinski definition) is 14. The van der Waals surface area contributed by atoms with Crippen molar-refractivity contribution in [2.24, 2.45) is 58.1 Å². The molecule has 0 aliphatic carbocycles. The van der Waals surface area contributed by atoms with Gasteiger partial charge in [0.1, 0.15) is 24.7 Å². The number of hydrogen-bond acceptors (Lipinski definition) is 18.